The molecule has 0 amide bonds. The maximum atomic E-state index is 8.55. The average Bonchev–Trinajstić information content (AvgIpc) is 1.35. The fraction of sp³-hybridized carbons (Fsp3) is 1.00. The van der Waals surface area contributed by atoms with Crippen molar-refractivity contribution in [1.29, 1.82) is 0 Å². The van der Waals surface area contributed by atoms with E-state index in [1.165, 1.54) is 0 Å². The Hall–Kier alpha value is 1.60. The van der Waals surface area contributed by atoms with Crippen molar-refractivity contribution in [2.75, 3.05) is 0 Å². The van der Waals surface area contributed by atoms with E-state index in [1.54, 1.807) is 0 Å². The van der Waals surface area contributed by atoms with Gasteiger partial charge >= 0.3 is 51.4 Å². The van der Waals surface area contributed by atoms with E-state index in [9.17, 15) is 0 Å². The summed E-state index contributed by atoms with van der Waals surface area (Å²) >= 11 is 0. The van der Waals surface area contributed by atoms with Crippen LogP contribution in [0.1, 0.15) is 28.1 Å². The Bertz CT molecular complexity index is 33.6. The standard InChI is InChI=1S/C5H12O.K.H/c1-3-4-5(2)6;;/h5-6H,3-4H2,1-2H3;;/q;+1;-1/t5-;;/m0../s1. The second-order valence-electron chi connectivity index (χ2n) is 1.64. The molecule has 0 saturated heterocycles. The number of aliphatic hydroxyl groups excluding tert-OH is 1. The Morgan fingerprint density at radius 3 is 2.14 bits per heavy atom. The SMILES string of the molecule is CCC[C@H](C)O.[H-].[K+]. The molecular weight excluding hydrogens is 115 g/mol. The van der Waals surface area contributed by atoms with E-state index in [0.29, 0.717) is 0 Å². The van der Waals surface area contributed by atoms with Gasteiger partial charge in [-0.25, -0.2) is 0 Å². The Morgan fingerprint density at radius 2 is 2.14 bits per heavy atom. The molecule has 0 aromatic heterocycles. The fourth-order valence-electron chi connectivity index (χ4n) is 0.418. The Balaban J connectivity index is -0.000000125. The van der Waals surface area contributed by atoms with Crippen molar-refractivity contribution < 1.29 is 57.9 Å². The zero-order valence-corrected chi connectivity index (χ0v) is 8.56. The predicted molar refractivity (Wildman–Crippen MR) is 27.7 cm³/mol. The molecule has 0 rings (SSSR count). The first-order chi connectivity index (χ1) is 2.77. The van der Waals surface area contributed by atoms with E-state index in [-0.39, 0.29) is 58.9 Å². The summed E-state index contributed by atoms with van der Waals surface area (Å²) in [6.45, 7) is 3.87. The second-order valence-corrected chi connectivity index (χ2v) is 1.64. The summed E-state index contributed by atoms with van der Waals surface area (Å²) in [5.41, 5.74) is 0. The van der Waals surface area contributed by atoms with Crippen LogP contribution in [-0.2, 0) is 0 Å². The zero-order valence-electron chi connectivity index (χ0n) is 6.44. The minimum Gasteiger partial charge on any atom is -1.00 e. The van der Waals surface area contributed by atoms with Crippen molar-refractivity contribution in [3.63, 3.8) is 0 Å². The quantitative estimate of drug-likeness (QED) is 0.439. The first-order valence-electron chi connectivity index (χ1n) is 2.45. The number of rotatable bonds is 2. The van der Waals surface area contributed by atoms with Gasteiger partial charge in [0.05, 0.1) is 6.10 Å². The number of aliphatic hydroxyl groups is 1. The van der Waals surface area contributed by atoms with Gasteiger partial charge in [-0.1, -0.05) is 13.3 Å². The normalized spacial score (nSPS) is 12.4. The number of hydrogen-bond acceptors (Lipinski definition) is 1. The Labute approximate surface area is 89.4 Å². The van der Waals surface area contributed by atoms with Gasteiger partial charge in [0.1, 0.15) is 0 Å². The smallest absolute Gasteiger partial charge is 1.00 e. The Kier molecular flexibility index (Phi) is 12.4. The molecule has 0 bridgehead atoms. The van der Waals surface area contributed by atoms with E-state index in [2.05, 4.69) is 6.92 Å². The molecular formula is C5H13KO. The first-order valence-corrected chi connectivity index (χ1v) is 2.45. The van der Waals surface area contributed by atoms with Crippen LogP contribution in [0.4, 0.5) is 0 Å². The van der Waals surface area contributed by atoms with Crippen LogP contribution < -0.4 is 51.4 Å². The van der Waals surface area contributed by atoms with Gasteiger partial charge in [0.15, 0.2) is 0 Å². The molecule has 0 heterocycles. The summed E-state index contributed by atoms with van der Waals surface area (Å²) in [5, 5.41) is 8.55. The molecule has 0 unspecified atom stereocenters. The van der Waals surface area contributed by atoms with Gasteiger partial charge in [-0.3, -0.25) is 0 Å². The predicted octanol–water partition coefficient (Wildman–Crippen LogP) is -1.72. The molecule has 7 heavy (non-hydrogen) atoms. The minimum absolute atomic E-state index is 0. The van der Waals surface area contributed by atoms with Crippen LogP contribution >= 0.6 is 0 Å². The first kappa shape index (κ1) is 11.4. The third-order valence-electron chi connectivity index (χ3n) is 0.706. The van der Waals surface area contributed by atoms with Crippen LogP contribution in [0, 0.1) is 0 Å². The van der Waals surface area contributed by atoms with Gasteiger partial charge in [0, 0.05) is 0 Å². The second kappa shape index (κ2) is 7.60. The number of hydrogen-bond donors (Lipinski definition) is 1. The summed E-state index contributed by atoms with van der Waals surface area (Å²) in [4.78, 5) is 0. The van der Waals surface area contributed by atoms with Gasteiger partial charge in [-0.2, -0.15) is 0 Å². The van der Waals surface area contributed by atoms with Crippen molar-refractivity contribution in [1.82, 2.24) is 0 Å². The monoisotopic (exact) mass is 128 g/mol. The molecule has 1 atom stereocenters. The van der Waals surface area contributed by atoms with E-state index in [1.807, 2.05) is 6.92 Å². The molecule has 0 aliphatic rings. The van der Waals surface area contributed by atoms with Crippen molar-refractivity contribution in [3.05, 3.63) is 0 Å². The van der Waals surface area contributed by atoms with Gasteiger partial charge in [-0.15, -0.1) is 0 Å². The van der Waals surface area contributed by atoms with Crippen LogP contribution in [-0.4, -0.2) is 11.2 Å². The van der Waals surface area contributed by atoms with Crippen molar-refractivity contribution in [2.45, 2.75) is 32.8 Å². The Morgan fingerprint density at radius 1 is 1.71 bits per heavy atom. The molecule has 2 heteroatoms. The molecule has 1 N–H and O–H groups in total. The van der Waals surface area contributed by atoms with Crippen LogP contribution in [0.25, 0.3) is 0 Å². The van der Waals surface area contributed by atoms with Crippen LogP contribution in [0.3, 0.4) is 0 Å². The summed E-state index contributed by atoms with van der Waals surface area (Å²) in [6, 6.07) is 0. The van der Waals surface area contributed by atoms with E-state index in [4.69, 9.17) is 5.11 Å². The summed E-state index contributed by atoms with van der Waals surface area (Å²) < 4.78 is 0. The molecule has 0 fully saturated rings. The molecule has 0 spiro atoms. The minimum atomic E-state index is -0.102. The molecule has 40 valence electrons. The van der Waals surface area contributed by atoms with Crippen molar-refractivity contribution in [2.24, 2.45) is 0 Å². The zero-order chi connectivity index (χ0) is 4.99. The van der Waals surface area contributed by atoms with Crippen LogP contribution in [0.15, 0.2) is 0 Å². The summed E-state index contributed by atoms with van der Waals surface area (Å²) in [7, 11) is 0. The van der Waals surface area contributed by atoms with Crippen molar-refractivity contribution in [3.8, 4) is 0 Å². The summed E-state index contributed by atoms with van der Waals surface area (Å²) in [6.07, 6.45) is 1.91. The van der Waals surface area contributed by atoms with Gasteiger partial charge < -0.3 is 6.53 Å². The van der Waals surface area contributed by atoms with Crippen LogP contribution in [0.2, 0.25) is 0 Å². The van der Waals surface area contributed by atoms with Crippen molar-refractivity contribution >= 4 is 0 Å². The molecule has 0 aromatic rings. The van der Waals surface area contributed by atoms with E-state index < -0.39 is 0 Å². The van der Waals surface area contributed by atoms with Gasteiger partial charge in [-0.05, 0) is 13.3 Å². The molecule has 1 nitrogen and oxygen atoms in total. The summed E-state index contributed by atoms with van der Waals surface area (Å²) in [5.74, 6) is 0. The third-order valence-corrected chi connectivity index (χ3v) is 0.706. The van der Waals surface area contributed by atoms with Gasteiger partial charge in [0.25, 0.3) is 0 Å². The van der Waals surface area contributed by atoms with E-state index in [0.717, 1.165) is 12.8 Å². The van der Waals surface area contributed by atoms with Crippen LogP contribution in [0.5, 0.6) is 0 Å². The molecule has 0 radical (unpaired) electrons. The fourth-order valence-corrected chi connectivity index (χ4v) is 0.418. The van der Waals surface area contributed by atoms with Gasteiger partial charge in [0.2, 0.25) is 0 Å². The molecule has 0 aliphatic carbocycles. The maximum Gasteiger partial charge on any atom is 1.00 e. The topological polar surface area (TPSA) is 20.2 Å². The average molecular weight is 128 g/mol. The maximum absolute atomic E-state index is 8.55. The largest absolute Gasteiger partial charge is 1.00 e. The third kappa shape index (κ3) is 11.3. The molecule has 0 aliphatic heterocycles. The molecule has 0 saturated carbocycles. The molecule has 0 aromatic carbocycles. The van der Waals surface area contributed by atoms with E-state index >= 15 is 0 Å².